The zero-order chi connectivity index (χ0) is 9.11. The van der Waals surface area contributed by atoms with E-state index in [1.165, 1.54) is 0 Å². The Bertz CT molecular complexity index is 141. The van der Waals surface area contributed by atoms with Gasteiger partial charge < -0.3 is 0 Å². The summed E-state index contributed by atoms with van der Waals surface area (Å²) in [5.74, 6) is 0. The molecule has 11 heavy (non-hydrogen) atoms. The number of hydrogen-bond acceptors (Lipinski definition) is 1. The van der Waals surface area contributed by atoms with Crippen molar-refractivity contribution in [2.24, 2.45) is 4.99 Å². The summed E-state index contributed by atoms with van der Waals surface area (Å²) in [4.78, 5) is 3.96. The molecule has 0 aromatic rings. The van der Waals surface area contributed by atoms with Crippen LogP contribution in [0, 0.1) is 0 Å². The van der Waals surface area contributed by atoms with Gasteiger partial charge in [0.2, 0.25) is 0 Å². The highest BCUT2D eigenvalue weighted by molar-refractivity contribution is 5.92. The molecule has 1 nitrogen and oxygen atoms in total. The van der Waals surface area contributed by atoms with Gasteiger partial charge in [-0.1, -0.05) is 32.1 Å². The Morgan fingerprint density at radius 3 is 2.09 bits per heavy atom. The Morgan fingerprint density at radius 2 is 1.73 bits per heavy atom. The minimum absolute atomic E-state index is 1.05. The fourth-order valence-electron chi connectivity index (χ4n) is 0.380. The van der Waals surface area contributed by atoms with Gasteiger partial charge in [0.15, 0.2) is 0 Å². The molecule has 1 heteroatoms. The molecule has 0 aromatic heterocycles. The van der Waals surface area contributed by atoms with Crippen molar-refractivity contribution in [1.82, 2.24) is 0 Å². The van der Waals surface area contributed by atoms with Crippen LogP contribution in [0.2, 0.25) is 0 Å². The van der Waals surface area contributed by atoms with E-state index in [-0.39, 0.29) is 0 Å². The monoisotopic (exact) mass is 153 g/mol. The third kappa shape index (κ3) is 12.4. The van der Waals surface area contributed by atoms with Gasteiger partial charge in [-0.3, -0.25) is 4.99 Å². The van der Waals surface area contributed by atoms with Crippen molar-refractivity contribution in [2.45, 2.75) is 27.7 Å². The first-order chi connectivity index (χ1) is 5.31. The summed E-state index contributed by atoms with van der Waals surface area (Å²) in [6, 6.07) is 0. The first-order valence-electron chi connectivity index (χ1n) is 4.04. The molecule has 0 bridgehead atoms. The van der Waals surface area contributed by atoms with E-state index in [0.717, 1.165) is 5.71 Å². The first-order valence-corrected chi connectivity index (χ1v) is 4.04. The molecule has 0 unspecified atom stereocenters. The van der Waals surface area contributed by atoms with Gasteiger partial charge in [0.25, 0.3) is 0 Å². The summed E-state index contributed by atoms with van der Waals surface area (Å²) >= 11 is 0. The van der Waals surface area contributed by atoms with E-state index < -0.39 is 0 Å². The Labute approximate surface area is 70.5 Å². The zero-order valence-corrected chi connectivity index (χ0v) is 8.26. The van der Waals surface area contributed by atoms with Crippen molar-refractivity contribution in [3.8, 4) is 0 Å². The summed E-state index contributed by atoms with van der Waals surface area (Å²) < 4.78 is 0. The van der Waals surface area contributed by atoms with Gasteiger partial charge in [-0.2, -0.15) is 0 Å². The summed E-state index contributed by atoms with van der Waals surface area (Å²) in [6.07, 6.45) is 7.91. The standard InChI is InChI=1S/C8H13N.C2H6/c1-4-5-6-7-8(2)9-3;1-2/h4-7H,1-3H3;1-2H3/b5-4-,7-6-,9-8?;. The fraction of sp³-hybridized carbons (Fsp3) is 0.500. The average Bonchev–Trinajstić information content (AvgIpc) is 2.08. The maximum atomic E-state index is 3.96. The average molecular weight is 153 g/mol. The molecular weight excluding hydrogens is 134 g/mol. The second-order valence-corrected chi connectivity index (χ2v) is 1.75. The second-order valence-electron chi connectivity index (χ2n) is 1.75. The van der Waals surface area contributed by atoms with Gasteiger partial charge in [0.1, 0.15) is 0 Å². The molecule has 0 spiro atoms. The maximum Gasteiger partial charge on any atom is 0.0313 e. The minimum Gasteiger partial charge on any atom is -0.293 e. The molecule has 0 saturated carbocycles. The Kier molecular flexibility index (Phi) is 13.8. The van der Waals surface area contributed by atoms with Crippen LogP contribution in [0.4, 0.5) is 0 Å². The van der Waals surface area contributed by atoms with E-state index in [0.29, 0.717) is 0 Å². The van der Waals surface area contributed by atoms with Crippen molar-refractivity contribution in [3.05, 3.63) is 24.3 Å². The highest BCUT2D eigenvalue weighted by Gasteiger charge is 1.73. The minimum atomic E-state index is 1.05. The quantitative estimate of drug-likeness (QED) is 0.426. The Balaban J connectivity index is 0. The molecule has 0 aromatic carbocycles. The summed E-state index contributed by atoms with van der Waals surface area (Å²) in [5.41, 5.74) is 1.05. The second kappa shape index (κ2) is 11.9. The van der Waals surface area contributed by atoms with Gasteiger partial charge in [0.05, 0.1) is 0 Å². The van der Waals surface area contributed by atoms with E-state index in [1.54, 1.807) is 7.05 Å². The lowest BCUT2D eigenvalue weighted by molar-refractivity contribution is 1.43. The topological polar surface area (TPSA) is 12.4 Å². The summed E-state index contributed by atoms with van der Waals surface area (Å²) in [5, 5.41) is 0. The van der Waals surface area contributed by atoms with E-state index in [1.807, 2.05) is 52.0 Å². The van der Waals surface area contributed by atoms with E-state index >= 15 is 0 Å². The molecule has 0 atom stereocenters. The van der Waals surface area contributed by atoms with Gasteiger partial charge in [-0.25, -0.2) is 0 Å². The molecule has 0 rings (SSSR count). The predicted molar refractivity (Wildman–Crippen MR) is 54.3 cm³/mol. The van der Waals surface area contributed by atoms with Crippen molar-refractivity contribution in [3.63, 3.8) is 0 Å². The number of aliphatic imine (C=N–C) groups is 1. The van der Waals surface area contributed by atoms with Crippen LogP contribution in [0.1, 0.15) is 27.7 Å². The van der Waals surface area contributed by atoms with Gasteiger partial charge >= 0.3 is 0 Å². The van der Waals surface area contributed by atoms with Crippen LogP contribution >= 0.6 is 0 Å². The van der Waals surface area contributed by atoms with Crippen LogP contribution < -0.4 is 0 Å². The highest BCUT2D eigenvalue weighted by atomic mass is 14.7. The smallest absolute Gasteiger partial charge is 0.0313 e. The number of hydrogen-bond donors (Lipinski definition) is 0. The third-order valence-corrected chi connectivity index (χ3v) is 0.994. The molecular formula is C10H19N. The van der Waals surface area contributed by atoms with Gasteiger partial charge in [-0.05, 0) is 19.9 Å². The van der Waals surface area contributed by atoms with Gasteiger partial charge in [0, 0.05) is 12.8 Å². The maximum absolute atomic E-state index is 3.96. The van der Waals surface area contributed by atoms with Crippen LogP contribution in [0.5, 0.6) is 0 Å². The van der Waals surface area contributed by atoms with E-state index in [4.69, 9.17) is 0 Å². The largest absolute Gasteiger partial charge is 0.293 e. The number of allylic oxidation sites excluding steroid dienone is 4. The van der Waals surface area contributed by atoms with Gasteiger partial charge in [-0.15, -0.1) is 0 Å². The molecule has 0 saturated heterocycles. The third-order valence-electron chi connectivity index (χ3n) is 0.994. The Morgan fingerprint density at radius 1 is 1.18 bits per heavy atom. The van der Waals surface area contributed by atoms with Crippen molar-refractivity contribution in [1.29, 1.82) is 0 Å². The zero-order valence-electron chi connectivity index (χ0n) is 8.26. The molecule has 0 aliphatic rings. The van der Waals surface area contributed by atoms with Crippen molar-refractivity contribution in [2.75, 3.05) is 7.05 Å². The molecule has 0 N–H and O–H groups in total. The van der Waals surface area contributed by atoms with Crippen LogP contribution in [0.15, 0.2) is 29.3 Å². The summed E-state index contributed by atoms with van der Waals surface area (Å²) in [7, 11) is 1.79. The number of nitrogens with zero attached hydrogens (tertiary/aromatic N) is 1. The first kappa shape index (κ1) is 12.8. The van der Waals surface area contributed by atoms with Crippen LogP contribution in [-0.4, -0.2) is 12.8 Å². The van der Waals surface area contributed by atoms with Crippen molar-refractivity contribution >= 4 is 5.71 Å². The number of rotatable bonds is 2. The molecule has 0 heterocycles. The SMILES string of the molecule is C/C=C\C=C/C(C)=NC.CC. The lowest BCUT2D eigenvalue weighted by atomic mass is 10.3. The molecule has 0 aliphatic heterocycles. The highest BCUT2D eigenvalue weighted by Crippen LogP contribution is 1.80. The summed E-state index contributed by atoms with van der Waals surface area (Å²) in [6.45, 7) is 7.96. The fourth-order valence-corrected chi connectivity index (χ4v) is 0.380. The normalized spacial score (nSPS) is 11.9. The van der Waals surface area contributed by atoms with Crippen LogP contribution in [0.25, 0.3) is 0 Å². The Hall–Kier alpha value is -0.850. The molecule has 0 aliphatic carbocycles. The van der Waals surface area contributed by atoms with Crippen LogP contribution in [-0.2, 0) is 0 Å². The molecule has 0 fully saturated rings. The molecule has 64 valence electrons. The molecule has 0 amide bonds. The van der Waals surface area contributed by atoms with Crippen LogP contribution in [0.3, 0.4) is 0 Å². The molecule has 0 radical (unpaired) electrons. The van der Waals surface area contributed by atoms with Crippen molar-refractivity contribution < 1.29 is 0 Å². The lowest BCUT2D eigenvalue weighted by Crippen LogP contribution is -1.80. The van der Waals surface area contributed by atoms with E-state index in [9.17, 15) is 0 Å². The lowest BCUT2D eigenvalue weighted by Gasteiger charge is -1.82. The van der Waals surface area contributed by atoms with E-state index in [2.05, 4.69) is 4.99 Å². The predicted octanol–water partition coefficient (Wildman–Crippen LogP) is 3.24.